The van der Waals surface area contributed by atoms with Gasteiger partial charge in [-0.15, -0.1) is 0 Å². The van der Waals surface area contributed by atoms with Crippen LogP contribution in [0.3, 0.4) is 0 Å². The van der Waals surface area contributed by atoms with E-state index >= 15 is 0 Å². The molecule has 2 rings (SSSR count). The van der Waals surface area contributed by atoms with Gasteiger partial charge >= 0.3 is 5.69 Å². The van der Waals surface area contributed by atoms with Crippen LogP contribution in [0.5, 0.6) is 0 Å². The molecule has 1 aromatic heterocycles. The minimum absolute atomic E-state index is 0.0685. The van der Waals surface area contributed by atoms with Crippen molar-refractivity contribution in [3.05, 3.63) is 32.6 Å². The molecule has 3 atom stereocenters. The molecule has 0 saturated carbocycles. The molecule has 0 aliphatic heterocycles. The van der Waals surface area contributed by atoms with E-state index in [0.717, 1.165) is 4.57 Å². The summed E-state index contributed by atoms with van der Waals surface area (Å²) in [6.45, 7) is -0.751. The predicted molar refractivity (Wildman–Crippen MR) is 66.9 cm³/mol. The van der Waals surface area contributed by atoms with Gasteiger partial charge in [0, 0.05) is 11.8 Å². The third-order valence-corrected chi connectivity index (χ3v) is 3.59. The monoisotopic (exact) mass is 335 g/mol. The van der Waals surface area contributed by atoms with Crippen LogP contribution in [-0.4, -0.2) is 43.7 Å². The Morgan fingerprint density at radius 2 is 2.16 bits per heavy atom. The largest absolute Gasteiger partial charge is 0.392 e. The topological polar surface area (TPSA) is 122 Å². The first-order valence-electron chi connectivity index (χ1n) is 5.28. The molecule has 1 aliphatic carbocycles. The summed E-state index contributed by atoms with van der Waals surface area (Å²) < 4.78 is 15.1. The van der Waals surface area contributed by atoms with Crippen LogP contribution in [0.1, 0.15) is 6.04 Å². The van der Waals surface area contributed by atoms with Crippen molar-refractivity contribution in [1.82, 2.24) is 9.55 Å². The Bertz CT molecular complexity index is 603. The summed E-state index contributed by atoms with van der Waals surface area (Å²) in [4.78, 5) is 15.1. The van der Waals surface area contributed by atoms with Crippen LogP contribution in [-0.2, 0) is 0 Å². The molecule has 9 heteroatoms. The quantitative estimate of drug-likeness (QED) is 0.554. The molecule has 5 N–H and O–H groups in total. The Labute approximate surface area is 114 Å². The SMILES string of the molecule is Nc1nc(=O)n(C2C(F)=C(CO)C(O)C2O)cc1Br. The number of hydrogen-bond acceptors (Lipinski definition) is 6. The number of rotatable bonds is 2. The number of anilines is 1. The predicted octanol–water partition coefficient (Wildman–Crippen LogP) is -0.920. The molecule has 0 bridgehead atoms. The lowest BCUT2D eigenvalue weighted by molar-refractivity contribution is 0.0244. The van der Waals surface area contributed by atoms with Gasteiger partial charge in [-0.25, -0.2) is 9.18 Å². The number of nitrogen functional groups attached to an aromatic ring is 1. The van der Waals surface area contributed by atoms with E-state index in [2.05, 4.69) is 20.9 Å². The summed E-state index contributed by atoms with van der Waals surface area (Å²) in [6, 6.07) is -1.44. The van der Waals surface area contributed by atoms with Crippen LogP contribution in [0.2, 0.25) is 0 Å². The highest BCUT2D eigenvalue weighted by atomic mass is 79.9. The molecule has 104 valence electrons. The van der Waals surface area contributed by atoms with Gasteiger partial charge in [0.2, 0.25) is 0 Å². The van der Waals surface area contributed by atoms with Crippen molar-refractivity contribution in [3.8, 4) is 0 Å². The van der Waals surface area contributed by atoms with Crippen molar-refractivity contribution >= 4 is 21.7 Å². The fourth-order valence-corrected chi connectivity index (χ4v) is 2.28. The van der Waals surface area contributed by atoms with E-state index < -0.39 is 36.4 Å². The zero-order valence-corrected chi connectivity index (χ0v) is 11.1. The Kier molecular flexibility index (Phi) is 3.72. The molecule has 0 aromatic carbocycles. The standard InChI is InChI=1S/C10H11BrFN3O4/c11-4-1-15(10(19)14-9(4)13)6-5(12)3(2-16)7(17)8(6)18/h1,6-8,16-18H,2H2,(H2,13,14,19). The molecule has 1 heterocycles. The fourth-order valence-electron chi connectivity index (χ4n) is 1.97. The lowest BCUT2D eigenvalue weighted by Gasteiger charge is -2.19. The molecular formula is C10H11BrFN3O4. The second kappa shape index (κ2) is 5.00. The van der Waals surface area contributed by atoms with Gasteiger partial charge in [-0.2, -0.15) is 4.98 Å². The van der Waals surface area contributed by atoms with Crippen LogP contribution in [0, 0.1) is 0 Å². The molecule has 7 nitrogen and oxygen atoms in total. The third-order valence-electron chi connectivity index (χ3n) is 2.97. The smallest absolute Gasteiger partial charge is 0.350 e. The Morgan fingerprint density at radius 3 is 2.68 bits per heavy atom. The maximum absolute atomic E-state index is 14.0. The Balaban J connectivity index is 2.57. The number of aromatic nitrogens is 2. The second-order valence-corrected chi connectivity index (χ2v) is 4.93. The van der Waals surface area contributed by atoms with E-state index in [9.17, 15) is 19.4 Å². The molecular weight excluding hydrogens is 325 g/mol. The molecule has 0 amide bonds. The van der Waals surface area contributed by atoms with Crippen molar-refractivity contribution in [2.45, 2.75) is 18.2 Å². The Morgan fingerprint density at radius 1 is 1.53 bits per heavy atom. The zero-order chi connectivity index (χ0) is 14.3. The van der Waals surface area contributed by atoms with Crippen molar-refractivity contribution in [3.63, 3.8) is 0 Å². The minimum Gasteiger partial charge on any atom is -0.392 e. The highest BCUT2D eigenvalue weighted by Crippen LogP contribution is 2.36. The summed E-state index contributed by atoms with van der Waals surface area (Å²) in [6.07, 6.45) is -1.99. The summed E-state index contributed by atoms with van der Waals surface area (Å²) >= 11 is 3.04. The van der Waals surface area contributed by atoms with Gasteiger partial charge in [-0.1, -0.05) is 0 Å². The van der Waals surface area contributed by atoms with E-state index in [1.807, 2.05) is 0 Å². The molecule has 1 aromatic rings. The van der Waals surface area contributed by atoms with Crippen LogP contribution in [0.4, 0.5) is 10.2 Å². The van der Waals surface area contributed by atoms with Crippen molar-refractivity contribution in [2.75, 3.05) is 12.3 Å². The number of aliphatic hydroxyl groups is 3. The first-order valence-corrected chi connectivity index (χ1v) is 6.07. The summed E-state index contributed by atoms with van der Waals surface area (Å²) in [5.74, 6) is -1.02. The van der Waals surface area contributed by atoms with Crippen LogP contribution < -0.4 is 11.4 Å². The normalized spacial score (nSPS) is 27.1. The highest BCUT2D eigenvalue weighted by Gasteiger charge is 2.43. The van der Waals surface area contributed by atoms with Gasteiger partial charge in [0.25, 0.3) is 0 Å². The number of nitrogens with two attached hydrogens (primary N) is 1. The van der Waals surface area contributed by atoms with E-state index in [1.165, 1.54) is 6.20 Å². The molecule has 0 radical (unpaired) electrons. The van der Waals surface area contributed by atoms with Crippen LogP contribution >= 0.6 is 15.9 Å². The van der Waals surface area contributed by atoms with E-state index in [4.69, 9.17) is 10.8 Å². The first-order chi connectivity index (χ1) is 8.88. The molecule has 0 saturated heterocycles. The average molecular weight is 336 g/mol. The Hall–Kier alpha value is -1.29. The summed E-state index contributed by atoms with van der Waals surface area (Å²) in [7, 11) is 0. The molecule has 1 aliphatic rings. The minimum atomic E-state index is -1.59. The van der Waals surface area contributed by atoms with Crippen LogP contribution in [0.25, 0.3) is 0 Å². The zero-order valence-electron chi connectivity index (χ0n) is 9.49. The number of hydrogen-bond donors (Lipinski definition) is 4. The van der Waals surface area contributed by atoms with E-state index in [1.54, 1.807) is 0 Å². The fraction of sp³-hybridized carbons (Fsp3) is 0.400. The van der Waals surface area contributed by atoms with Gasteiger partial charge in [0.15, 0.2) is 0 Å². The van der Waals surface area contributed by atoms with Crippen molar-refractivity contribution < 1.29 is 19.7 Å². The number of aliphatic hydroxyl groups excluding tert-OH is 3. The summed E-state index contributed by atoms with van der Waals surface area (Å²) in [5, 5.41) is 28.3. The first kappa shape index (κ1) is 14.1. The molecule has 3 unspecified atom stereocenters. The molecule has 19 heavy (non-hydrogen) atoms. The lowest BCUT2D eigenvalue weighted by Crippen LogP contribution is -2.36. The maximum Gasteiger partial charge on any atom is 0.350 e. The van der Waals surface area contributed by atoms with Crippen LogP contribution in [0.15, 0.2) is 26.9 Å². The maximum atomic E-state index is 14.0. The number of nitrogens with zero attached hydrogens (tertiary/aromatic N) is 2. The van der Waals surface area contributed by atoms with Gasteiger partial charge < -0.3 is 21.1 Å². The van der Waals surface area contributed by atoms with Gasteiger partial charge in [0.1, 0.15) is 29.9 Å². The lowest BCUT2D eigenvalue weighted by atomic mass is 10.1. The molecule has 0 fully saturated rings. The van der Waals surface area contributed by atoms with Gasteiger partial charge in [-0.3, -0.25) is 4.57 Å². The van der Waals surface area contributed by atoms with Crippen molar-refractivity contribution in [2.24, 2.45) is 0 Å². The third kappa shape index (κ3) is 2.18. The molecule has 0 spiro atoms. The van der Waals surface area contributed by atoms with Gasteiger partial charge in [0.05, 0.1) is 11.1 Å². The van der Waals surface area contributed by atoms with E-state index in [-0.39, 0.29) is 15.9 Å². The summed E-state index contributed by atoms with van der Waals surface area (Å²) in [5.41, 5.74) is 4.19. The second-order valence-electron chi connectivity index (χ2n) is 4.08. The average Bonchev–Trinajstić information content (AvgIpc) is 2.56. The van der Waals surface area contributed by atoms with E-state index in [0.29, 0.717) is 0 Å². The highest BCUT2D eigenvalue weighted by molar-refractivity contribution is 9.10. The van der Waals surface area contributed by atoms with Gasteiger partial charge in [-0.05, 0) is 15.9 Å². The van der Waals surface area contributed by atoms with Crippen molar-refractivity contribution in [1.29, 1.82) is 0 Å². The number of halogens is 2.